The molecule has 2 aliphatic rings. The van der Waals surface area contributed by atoms with E-state index in [0.29, 0.717) is 36.2 Å². The lowest BCUT2D eigenvalue weighted by atomic mass is 9.94. The molecule has 2 amide bonds. The van der Waals surface area contributed by atoms with Crippen molar-refractivity contribution in [2.45, 2.75) is 45.6 Å². The van der Waals surface area contributed by atoms with E-state index in [1.165, 1.54) is 12.8 Å². The SMILES string of the molecule is COc1ccc(NC(=O)C(C2CCCC2)N2CCN(C(=O)C(C)C)CC2)cc1OC. The predicted octanol–water partition coefficient (Wildman–Crippen LogP) is 3.00. The average Bonchev–Trinajstić information content (AvgIpc) is 3.28. The van der Waals surface area contributed by atoms with Crippen LogP contribution in [-0.4, -0.2) is 68.1 Å². The predicted molar refractivity (Wildman–Crippen MR) is 117 cm³/mol. The number of carbonyl (C=O) groups is 2. The van der Waals surface area contributed by atoms with Gasteiger partial charge in [-0.05, 0) is 30.9 Å². The maximum atomic E-state index is 13.4. The van der Waals surface area contributed by atoms with Gasteiger partial charge < -0.3 is 19.7 Å². The van der Waals surface area contributed by atoms with E-state index in [2.05, 4.69) is 10.2 Å². The molecule has 1 saturated heterocycles. The van der Waals surface area contributed by atoms with Crippen molar-refractivity contribution in [3.8, 4) is 11.5 Å². The highest BCUT2D eigenvalue weighted by Gasteiger charge is 2.37. The van der Waals surface area contributed by atoms with Gasteiger partial charge in [0, 0.05) is 43.9 Å². The zero-order valence-electron chi connectivity index (χ0n) is 18.6. The highest BCUT2D eigenvalue weighted by molar-refractivity contribution is 5.95. The minimum Gasteiger partial charge on any atom is -0.493 e. The Kier molecular flexibility index (Phi) is 7.58. The zero-order valence-corrected chi connectivity index (χ0v) is 18.6. The maximum absolute atomic E-state index is 13.4. The Bertz CT molecular complexity index is 738. The molecule has 1 saturated carbocycles. The number of nitrogens with one attached hydrogen (secondary N) is 1. The number of nitrogens with zero attached hydrogens (tertiary/aromatic N) is 2. The van der Waals surface area contributed by atoms with Crippen LogP contribution in [0.1, 0.15) is 39.5 Å². The summed E-state index contributed by atoms with van der Waals surface area (Å²) in [4.78, 5) is 29.9. The third-order valence-corrected chi connectivity index (χ3v) is 6.28. The lowest BCUT2D eigenvalue weighted by molar-refractivity contribution is -0.137. The van der Waals surface area contributed by atoms with Crippen molar-refractivity contribution in [2.75, 3.05) is 45.7 Å². The smallest absolute Gasteiger partial charge is 0.242 e. The van der Waals surface area contributed by atoms with E-state index in [1.807, 2.05) is 24.8 Å². The quantitative estimate of drug-likeness (QED) is 0.739. The molecule has 1 aliphatic heterocycles. The van der Waals surface area contributed by atoms with Gasteiger partial charge >= 0.3 is 0 Å². The normalized spacial score (nSPS) is 19.0. The fourth-order valence-electron chi connectivity index (χ4n) is 4.67. The molecule has 1 aromatic rings. The maximum Gasteiger partial charge on any atom is 0.242 e. The molecule has 166 valence electrons. The summed E-state index contributed by atoms with van der Waals surface area (Å²) in [5.41, 5.74) is 0.703. The van der Waals surface area contributed by atoms with Gasteiger partial charge in [0.2, 0.25) is 11.8 Å². The van der Waals surface area contributed by atoms with Crippen LogP contribution in [0.25, 0.3) is 0 Å². The van der Waals surface area contributed by atoms with Crippen LogP contribution in [0.5, 0.6) is 11.5 Å². The monoisotopic (exact) mass is 417 g/mol. The second-order valence-electron chi connectivity index (χ2n) is 8.56. The molecule has 1 aliphatic carbocycles. The van der Waals surface area contributed by atoms with E-state index >= 15 is 0 Å². The Morgan fingerprint density at radius 3 is 2.20 bits per heavy atom. The number of hydrogen-bond donors (Lipinski definition) is 1. The molecule has 0 radical (unpaired) electrons. The molecule has 1 heterocycles. The van der Waals surface area contributed by atoms with E-state index in [1.54, 1.807) is 26.4 Å². The molecular weight excluding hydrogens is 382 g/mol. The number of hydrogen-bond acceptors (Lipinski definition) is 5. The molecule has 1 aromatic carbocycles. The second kappa shape index (κ2) is 10.2. The Hall–Kier alpha value is -2.28. The van der Waals surface area contributed by atoms with E-state index in [4.69, 9.17) is 9.47 Å². The highest BCUT2D eigenvalue weighted by atomic mass is 16.5. The van der Waals surface area contributed by atoms with Crippen LogP contribution >= 0.6 is 0 Å². The van der Waals surface area contributed by atoms with E-state index in [0.717, 1.165) is 25.9 Å². The molecule has 3 rings (SSSR count). The summed E-state index contributed by atoms with van der Waals surface area (Å²) in [6, 6.07) is 5.26. The Morgan fingerprint density at radius 1 is 1.00 bits per heavy atom. The summed E-state index contributed by atoms with van der Waals surface area (Å²) >= 11 is 0. The van der Waals surface area contributed by atoms with Crippen molar-refractivity contribution in [3.63, 3.8) is 0 Å². The molecule has 1 N–H and O–H groups in total. The van der Waals surface area contributed by atoms with Gasteiger partial charge in [-0.3, -0.25) is 14.5 Å². The Morgan fingerprint density at radius 2 is 1.63 bits per heavy atom. The first-order valence-electron chi connectivity index (χ1n) is 11.0. The van der Waals surface area contributed by atoms with Crippen LogP contribution in [0.3, 0.4) is 0 Å². The first-order chi connectivity index (χ1) is 14.4. The van der Waals surface area contributed by atoms with Gasteiger partial charge in [0.15, 0.2) is 11.5 Å². The fourth-order valence-corrected chi connectivity index (χ4v) is 4.67. The molecule has 1 atom stereocenters. The lowest BCUT2D eigenvalue weighted by Crippen LogP contribution is -2.57. The van der Waals surface area contributed by atoms with Crippen molar-refractivity contribution in [2.24, 2.45) is 11.8 Å². The lowest BCUT2D eigenvalue weighted by Gasteiger charge is -2.41. The molecule has 7 nitrogen and oxygen atoms in total. The summed E-state index contributed by atoms with van der Waals surface area (Å²) in [7, 11) is 3.18. The van der Waals surface area contributed by atoms with Crippen molar-refractivity contribution in [1.29, 1.82) is 0 Å². The number of benzene rings is 1. The number of methoxy groups -OCH3 is 2. The standard InChI is InChI=1S/C23H35N3O4/c1-16(2)23(28)26-13-11-25(12-14-26)21(17-7-5-6-8-17)22(27)24-18-9-10-19(29-3)20(15-18)30-4/h9-10,15-17,21H,5-8,11-14H2,1-4H3,(H,24,27). The van der Waals surface area contributed by atoms with E-state index < -0.39 is 0 Å². The molecule has 30 heavy (non-hydrogen) atoms. The van der Waals surface area contributed by atoms with Gasteiger partial charge in [0.05, 0.1) is 20.3 Å². The number of rotatable bonds is 7. The van der Waals surface area contributed by atoms with Gasteiger partial charge in [0.1, 0.15) is 0 Å². The van der Waals surface area contributed by atoms with Gasteiger partial charge in [-0.2, -0.15) is 0 Å². The van der Waals surface area contributed by atoms with Crippen LogP contribution in [-0.2, 0) is 9.59 Å². The molecule has 7 heteroatoms. The minimum atomic E-state index is -0.170. The van der Waals surface area contributed by atoms with Crippen LogP contribution in [0.2, 0.25) is 0 Å². The number of piperazine rings is 1. The largest absolute Gasteiger partial charge is 0.493 e. The molecule has 0 aromatic heterocycles. The molecule has 1 unspecified atom stereocenters. The summed E-state index contributed by atoms with van der Waals surface area (Å²) in [6.07, 6.45) is 4.51. The molecule has 0 spiro atoms. The summed E-state index contributed by atoms with van der Waals surface area (Å²) in [6.45, 7) is 6.71. The van der Waals surface area contributed by atoms with Crippen molar-refractivity contribution in [3.05, 3.63) is 18.2 Å². The zero-order chi connectivity index (χ0) is 21.7. The van der Waals surface area contributed by atoms with Gasteiger partial charge in [-0.25, -0.2) is 0 Å². The first-order valence-corrected chi connectivity index (χ1v) is 11.0. The molecule has 2 fully saturated rings. The van der Waals surface area contributed by atoms with Gasteiger partial charge in [-0.15, -0.1) is 0 Å². The fraction of sp³-hybridized carbons (Fsp3) is 0.652. The van der Waals surface area contributed by atoms with Crippen molar-refractivity contribution in [1.82, 2.24) is 9.80 Å². The van der Waals surface area contributed by atoms with Crippen molar-refractivity contribution >= 4 is 17.5 Å². The van der Waals surface area contributed by atoms with Crippen LogP contribution in [0, 0.1) is 11.8 Å². The number of carbonyl (C=O) groups excluding carboxylic acids is 2. The number of amides is 2. The second-order valence-corrected chi connectivity index (χ2v) is 8.56. The molecule has 0 bridgehead atoms. The van der Waals surface area contributed by atoms with E-state index in [9.17, 15) is 9.59 Å². The third-order valence-electron chi connectivity index (χ3n) is 6.28. The first kappa shape index (κ1) is 22.4. The van der Waals surface area contributed by atoms with Crippen LogP contribution in [0.4, 0.5) is 5.69 Å². The van der Waals surface area contributed by atoms with Crippen LogP contribution < -0.4 is 14.8 Å². The van der Waals surface area contributed by atoms with Crippen LogP contribution in [0.15, 0.2) is 18.2 Å². The van der Waals surface area contributed by atoms with Crippen molar-refractivity contribution < 1.29 is 19.1 Å². The number of anilines is 1. The third kappa shape index (κ3) is 5.06. The number of ether oxygens (including phenoxy) is 2. The summed E-state index contributed by atoms with van der Waals surface area (Å²) < 4.78 is 10.7. The van der Waals surface area contributed by atoms with E-state index in [-0.39, 0.29) is 23.8 Å². The topological polar surface area (TPSA) is 71.1 Å². The Labute approximate surface area is 179 Å². The Balaban J connectivity index is 1.71. The summed E-state index contributed by atoms with van der Waals surface area (Å²) in [5.74, 6) is 1.81. The molecular formula is C23H35N3O4. The highest BCUT2D eigenvalue weighted by Crippen LogP contribution is 2.33. The average molecular weight is 418 g/mol. The minimum absolute atomic E-state index is 0.00975. The van der Waals surface area contributed by atoms with Gasteiger partial charge in [-0.1, -0.05) is 26.7 Å². The summed E-state index contributed by atoms with van der Waals surface area (Å²) in [5, 5.41) is 3.10. The van der Waals surface area contributed by atoms with Gasteiger partial charge in [0.25, 0.3) is 0 Å².